The van der Waals surface area contributed by atoms with Crippen molar-refractivity contribution in [3.05, 3.63) is 0 Å². The summed E-state index contributed by atoms with van der Waals surface area (Å²) in [5, 5.41) is 13.3. The van der Waals surface area contributed by atoms with Gasteiger partial charge in [-0.1, -0.05) is 6.92 Å². The van der Waals surface area contributed by atoms with Crippen LogP contribution in [0.1, 0.15) is 58.3 Å². The lowest BCUT2D eigenvalue weighted by molar-refractivity contribution is 0.107. The summed E-state index contributed by atoms with van der Waals surface area (Å²) >= 11 is 0. The summed E-state index contributed by atoms with van der Waals surface area (Å²) in [5.41, 5.74) is 0. The monoisotopic (exact) mass is 268 g/mol. The van der Waals surface area contributed by atoms with Crippen LogP contribution >= 0.6 is 0 Å². The van der Waals surface area contributed by atoms with E-state index >= 15 is 0 Å². The molecule has 2 fully saturated rings. The molecule has 0 bridgehead atoms. The molecule has 1 saturated carbocycles. The van der Waals surface area contributed by atoms with Crippen molar-refractivity contribution in [2.24, 2.45) is 5.92 Å². The van der Waals surface area contributed by atoms with Crippen molar-refractivity contribution in [1.29, 1.82) is 0 Å². The second kappa shape index (κ2) is 8.23. The fraction of sp³-hybridized carbons (Fsp3) is 1.00. The molecule has 3 heteroatoms. The molecule has 2 N–H and O–H groups in total. The van der Waals surface area contributed by atoms with Gasteiger partial charge in [-0.2, -0.15) is 0 Å². The molecule has 2 rings (SSSR count). The molecule has 0 amide bonds. The summed E-state index contributed by atoms with van der Waals surface area (Å²) in [6.45, 7) is 7.28. The first kappa shape index (κ1) is 15.3. The van der Waals surface area contributed by atoms with Crippen LogP contribution in [0.2, 0.25) is 0 Å². The Morgan fingerprint density at radius 3 is 2.58 bits per heavy atom. The predicted molar refractivity (Wildman–Crippen MR) is 80.3 cm³/mol. The summed E-state index contributed by atoms with van der Waals surface area (Å²) in [5.74, 6) is 0.804. The van der Waals surface area contributed by atoms with Gasteiger partial charge in [-0.05, 0) is 83.5 Å². The fourth-order valence-corrected chi connectivity index (χ4v) is 3.58. The minimum Gasteiger partial charge on any atom is -0.393 e. The molecule has 1 unspecified atom stereocenters. The molecule has 1 saturated heterocycles. The molecular weight excluding hydrogens is 236 g/mol. The van der Waals surface area contributed by atoms with E-state index in [0.717, 1.165) is 24.8 Å². The highest BCUT2D eigenvalue weighted by molar-refractivity contribution is 4.78. The molecule has 0 aromatic heterocycles. The van der Waals surface area contributed by atoms with Crippen LogP contribution in [0.3, 0.4) is 0 Å². The number of hydrogen-bond donors (Lipinski definition) is 2. The third kappa shape index (κ3) is 5.41. The molecule has 112 valence electrons. The van der Waals surface area contributed by atoms with Gasteiger partial charge in [0.25, 0.3) is 0 Å². The number of aliphatic hydroxyl groups is 1. The lowest BCUT2D eigenvalue weighted by Gasteiger charge is -2.27. The summed E-state index contributed by atoms with van der Waals surface area (Å²) in [4.78, 5) is 2.62. The lowest BCUT2D eigenvalue weighted by atomic mass is 9.87. The molecule has 1 aliphatic heterocycles. The van der Waals surface area contributed by atoms with Crippen molar-refractivity contribution in [1.82, 2.24) is 10.2 Å². The average molecular weight is 268 g/mol. The van der Waals surface area contributed by atoms with Crippen molar-refractivity contribution >= 4 is 0 Å². The minimum atomic E-state index is -0.0169. The van der Waals surface area contributed by atoms with Gasteiger partial charge in [0.05, 0.1) is 6.10 Å². The van der Waals surface area contributed by atoms with Gasteiger partial charge in [0.15, 0.2) is 0 Å². The molecule has 0 aromatic carbocycles. The zero-order chi connectivity index (χ0) is 13.5. The summed E-state index contributed by atoms with van der Waals surface area (Å²) in [6, 6.07) is 0.730. The Kier molecular flexibility index (Phi) is 6.62. The first-order chi connectivity index (χ1) is 9.28. The van der Waals surface area contributed by atoms with Gasteiger partial charge in [-0.3, -0.25) is 0 Å². The third-order valence-electron chi connectivity index (χ3n) is 4.87. The van der Waals surface area contributed by atoms with Crippen LogP contribution in [0.5, 0.6) is 0 Å². The highest BCUT2D eigenvalue weighted by Gasteiger charge is 2.21. The quantitative estimate of drug-likeness (QED) is 0.803. The van der Waals surface area contributed by atoms with Crippen LogP contribution < -0.4 is 5.32 Å². The Labute approximate surface area is 118 Å². The van der Waals surface area contributed by atoms with Crippen LogP contribution in [0.15, 0.2) is 0 Å². The van der Waals surface area contributed by atoms with Crippen molar-refractivity contribution in [3.63, 3.8) is 0 Å². The second-order valence-electron chi connectivity index (χ2n) is 6.55. The maximum atomic E-state index is 9.53. The summed E-state index contributed by atoms with van der Waals surface area (Å²) < 4.78 is 0. The van der Waals surface area contributed by atoms with Crippen molar-refractivity contribution in [2.45, 2.75) is 70.4 Å². The van der Waals surface area contributed by atoms with E-state index in [1.54, 1.807) is 0 Å². The molecule has 0 radical (unpaired) electrons. The van der Waals surface area contributed by atoms with Gasteiger partial charge in [0.1, 0.15) is 0 Å². The zero-order valence-corrected chi connectivity index (χ0v) is 12.6. The zero-order valence-electron chi connectivity index (χ0n) is 12.6. The van der Waals surface area contributed by atoms with Gasteiger partial charge in [0, 0.05) is 6.04 Å². The molecule has 1 heterocycles. The molecule has 3 nitrogen and oxygen atoms in total. The fourth-order valence-electron chi connectivity index (χ4n) is 3.58. The number of nitrogens with zero attached hydrogens (tertiary/aromatic N) is 1. The number of hydrogen-bond acceptors (Lipinski definition) is 3. The van der Waals surface area contributed by atoms with E-state index in [1.165, 1.54) is 64.7 Å². The first-order valence-electron chi connectivity index (χ1n) is 8.41. The number of aliphatic hydroxyl groups excluding tert-OH is 1. The minimum absolute atomic E-state index is 0.0169. The van der Waals surface area contributed by atoms with Crippen molar-refractivity contribution in [3.8, 4) is 0 Å². The summed E-state index contributed by atoms with van der Waals surface area (Å²) in [7, 11) is 0. The van der Waals surface area contributed by atoms with Crippen LogP contribution in [-0.4, -0.2) is 48.3 Å². The van der Waals surface area contributed by atoms with Gasteiger partial charge >= 0.3 is 0 Å². The Morgan fingerprint density at radius 1 is 1.05 bits per heavy atom. The normalized spacial score (nSPS) is 34.1. The van der Waals surface area contributed by atoms with E-state index in [-0.39, 0.29) is 6.10 Å². The smallest absolute Gasteiger partial charge is 0.0540 e. The van der Waals surface area contributed by atoms with Crippen LogP contribution in [-0.2, 0) is 0 Å². The van der Waals surface area contributed by atoms with Gasteiger partial charge in [-0.25, -0.2) is 0 Å². The SMILES string of the molecule is CCCN1CCCC(NCC2CCC(O)CC2)CC1. The topological polar surface area (TPSA) is 35.5 Å². The van der Waals surface area contributed by atoms with Crippen molar-refractivity contribution < 1.29 is 5.11 Å². The highest BCUT2D eigenvalue weighted by Crippen LogP contribution is 2.24. The molecule has 1 atom stereocenters. The Balaban J connectivity index is 1.63. The lowest BCUT2D eigenvalue weighted by Crippen LogP contribution is -2.36. The van der Waals surface area contributed by atoms with Gasteiger partial charge in [-0.15, -0.1) is 0 Å². The maximum Gasteiger partial charge on any atom is 0.0540 e. The summed E-state index contributed by atoms with van der Waals surface area (Å²) in [6.07, 6.45) is 9.72. The second-order valence-corrected chi connectivity index (χ2v) is 6.55. The van der Waals surface area contributed by atoms with E-state index in [0.29, 0.717) is 0 Å². The Hall–Kier alpha value is -0.120. The molecule has 2 aliphatic rings. The van der Waals surface area contributed by atoms with Crippen LogP contribution in [0.4, 0.5) is 0 Å². The Morgan fingerprint density at radius 2 is 1.84 bits per heavy atom. The maximum absolute atomic E-state index is 9.53. The number of likely N-dealkylation sites (tertiary alicyclic amines) is 1. The first-order valence-corrected chi connectivity index (χ1v) is 8.41. The van der Waals surface area contributed by atoms with Crippen LogP contribution in [0, 0.1) is 5.92 Å². The van der Waals surface area contributed by atoms with Crippen molar-refractivity contribution in [2.75, 3.05) is 26.2 Å². The van der Waals surface area contributed by atoms with E-state index in [2.05, 4.69) is 17.1 Å². The Bertz CT molecular complexity index is 239. The molecular formula is C16H32N2O. The third-order valence-corrected chi connectivity index (χ3v) is 4.87. The molecule has 1 aliphatic carbocycles. The molecule has 19 heavy (non-hydrogen) atoms. The van der Waals surface area contributed by atoms with E-state index in [4.69, 9.17) is 0 Å². The number of nitrogens with one attached hydrogen (secondary N) is 1. The van der Waals surface area contributed by atoms with Gasteiger partial charge in [0.2, 0.25) is 0 Å². The standard InChI is InChI=1S/C16H32N2O/c1-2-10-18-11-3-4-15(9-12-18)17-13-14-5-7-16(19)8-6-14/h14-17,19H,2-13H2,1H3. The van der Waals surface area contributed by atoms with Gasteiger partial charge < -0.3 is 15.3 Å². The highest BCUT2D eigenvalue weighted by atomic mass is 16.3. The molecule has 0 spiro atoms. The van der Waals surface area contributed by atoms with E-state index < -0.39 is 0 Å². The predicted octanol–water partition coefficient (Wildman–Crippen LogP) is 2.39. The van der Waals surface area contributed by atoms with E-state index in [1.807, 2.05) is 0 Å². The van der Waals surface area contributed by atoms with Crippen LogP contribution in [0.25, 0.3) is 0 Å². The average Bonchev–Trinajstić information content (AvgIpc) is 2.64. The molecule has 0 aromatic rings. The largest absolute Gasteiger partial charge is 0.393 e. The number of rotatable bonds is 5. The van der Waals surface area contributed by atoms with E-state index in [9.17, 15) is 5.11 Å².